The van der Waals surface area contributed by atoms with Gasteiger partial charge in [0.25, 0.3) is 0 Å². The van der Waals surface area contributed by atoms with Crippen LogP contribution in [-0.4, -0.2) is 0 Å². The van der Waals surface area contributed by atoms with Crippen LogP contribution in [0, 0.1) is 0 Å². The van der Waals surface area contributed by atoms with Crippen molar-refractivity contribution in [2.24, 2.45) is 0 Å². The van der Waals surface area contributed by atoms with Gasteiger partial charge >= 0.3 is 0 Å². The summed E-state index contributed by atoms with van der Waals surface area (Å²) >= 11 is 0. The Kier molecular flexibility index (Phi) is 3.96. The van der Waals surface area contributed by atoms with E-state index < -0.39 is 0 Å². The number of rotatable bonds is 4. The molecular formula is C19H19NO2. The summed E-state index contributed by atoms with van der Waals surface area (Å²) < 4.78 is 5.79. The highest BCUT2D eigenvalue weighted by molar-refractivity contribution is 5.78. The average Bonchev–Trinajstić information content (AvgIpc) is 2.55. The van der Waals surface area contributed by atoms with Crippen LogP contribution in [0.25, 0.3) is 11.0 Å². The standard InChI is InChI=1S/C19H19NO2/c1-3-13-9-10-16(14(4-2)11-13)20-19-12-17(21)15-7-5-6-8-18(15)22-19/h5-12,20H,3-4H2,1-2H3. The van der Waals surface area contributed by atoms with E-state index in [-0.39, 0.29) is 5.43 Å². The van der Waals surface area contributed by atoms with E-state index in [0.29, 0.717) is 16.9 Å². The van der Waals surface area contributed by atoms with Crippen molar-refractivity contribution in [2.45, 2.75) is 26.7 Å². The largest absolute Gasteiger partial charge is 0.440 e. The van der Waals surface area contributed by atoms with Crippen LogP contribution in [0.5, 0.6) is 0 Å². The first kappa shape index (κ1) is 14.4. The van der Waals surface area contributed by atoms with Gasteiger partial charge in [-0.1, -0.05) is 38.1 Å². The highest BCUT2D eigenvalue weighted by Gasteiger charge is 2.07. The summed E-state index contributed by atoms with van der Waals surface area (Å²) in [5.41, 5.74) is 4.07. The lowest BCUT2D eigenvalue weighted by atomic mass is 10.0. The first-order valence-electron chi connectivity index (χ1n) is 7.63. The van der Waals surface area contributed by atoms with Crippen molar-refractivity contribution in [1.82, 2.24) is 0 Å². The molecule has 3 rings (SSSR count). The first-order chi connectivity index (χ1) is 10.7. The molecule has 1 heterocycles. The highest BCUT2D eigenvalue weighted by atomic mass is 16.3. The zero-order valence-electron chi connectivity index (χ0n) is 12.8. The second-order valence-corrected chi connectivity index (χ2v) is 5.29. The van der Waals surface area contributed by atoms with Gasteiger partial charge in [0.05, 0.1) is 5.39 Å². The fourth-order valence-electron chi connectivity index (χ4n) is 2.58. The normalized spacial score (nSPS) is 10.8. The Morgan fingerprint density at radius 2 is 1.82 bits per heavy atom. The van der Waals surface area contributed by atoms with Gasteiger partial charge in [-0.3, -0.25) is 4.79 Å². The number of nitrogens with one attached hydrogen (secondary N) is 1. The van der Waals surface area contributed by atoms with Crippen LogP contribution in [0.1, 0.15) is 25.0 Å². The predicted octanol–water partition coefficient (Wildman–Crippen LogP) is 4.66. The molecular weight excluding hydrogens is 274 g/mol. The molecule has 112 valence electrons. The molecule has 3 aromatic rings. The maximum Gasteiger partial charge on any atom is 0.201 e. The van der Waals surface area contributed by atoms with Gasteiger partial charge in [-0.15, -0.1) is 0 Å². The number of benzene rings is 2. The SMILES string of the molecule is CCc1ccc(Nc2cc(=O)c3ccccc3o2)c(CC)c1. The predicted molar refractivity (Wildman–Crippen MR) is 91.0 cm³/mol. The highest BCUT2D eigenvalue weighted by Crippen LogP contribution is 2.24. The summed E-state index contributed by atoms with van der Waals surface area (Å²) in [6.07, 6.45) is 1.94. The molecule has 2 aromatic carbocycles. The van der Waals surface area contributed by atoms with Gasteiger partial charge in [0.1, 0.15) is 5.58 Å². The summed E-state index contributed by atoms with van der Waals surface area (Å²) in [6, 6.07) is 15.1. The zero-order chi connectivity index (χ0) is 15.5. The smallest absolute Gasteiger partial charge is 0.201 e. The maximum atomic E-state index is 12.1. The summed E-state index contributed by atoms with van der Waals surface area (Å²) in [6.45, 7) is 4.26. The molecule has 0 saturated heterocycles. The molecule has 0 aliphatic heterocycles. The third-order valence-corrected chi connectivity index (χ3v) is 3.85. The first-order valence-corrected chi connectivity index (χ1v) is 7.63. The molecule has 22 heavy (non-hydrogen) atoms. The fraction of sp³-hybridized carbons (Fsp3) is 0.211. The Balaban J connectivity index is 2.01. The van der Waals surface area contributed by atoms with Gasteiger partial charge in [-0.25, -0.2) is 0 Å². The number of fused-ring (bicyclic) bond motifs is 1. The quantitative estimate of drug-likeness (QED) is 0.760. The Hall–Kier alpha value is -2.55. The Bertz CT molecular complexity index is 865. The number of aryl methyl sites for hydroxylation is 2. The summed E-state index contributed by atoms with van der Waals surface area (Å²) in [4.78, 5) is 12.1. The van der Waals surface area contributed by atoms with Crippen molar-refractivity contribution in [1.29, 1.82) is 0 Å². The van der Waals surface area contributed by atoms with Gasteiger partial charge in [-0.05, 0) is 42.2 Å². The van der Waals surface area contributed by atoms with E-state index in [2.05, 4.69) is 31.3 Å². The zero-order valence-corrected chi connectivity index (χ0v) is 12.8. The van der Waals surface area contributed by atoms with Crippen LogP contribution in [0.2, 0.25) is 0 Å². The van der Waals surface area contributed by atoms with Crippen LogP contribution < -0.4 is 10.7 Å². The monoisotopic (exact) mass is 293 g/mol. The van der Waals surface area contributed by atoms with Gasteiger partial charge in [0, 0.05) is 11.8 Å². The second-order valence-electron chi connectivity index (χ2n) is 5.29. The molecule has 0 spiro atoms. The van der Waals surface area contributed by atoms with Crippen molar-refractivity contribution in [3.63, 3.8) is 0 Å². The van der Waals surface area contributed by atoms with Gasteiger partial charge in [0.15, 0.2) is 5.43 Å². The van der Waals surface area contributed by atoms with E-state index in [9.17, 15) is 4.79 Å². The number of hydrogen-bond donors (Lipinski definition) is 1. The number of anilines is 2. The van der Waals surface area contributed by atoms with E-state index in [4.69, 9.17) is 4.42 Å². The van der Waals surface area contributed by atoms with Crippen molar-refractivity contribution in [3.8, 4) is 0 Å². The molecule has 3 nitrogen and oxygen atoms in total. The Labute approximate surface area is 129 Å². The van der Waals surface area contributed by atoms with Crippen molar-refractivity contribution < 1.29 is 4.42 Å². The van der Waals surface area contributed by atoms with Gasteiger partial charge in [-0.2, -0.15) is 0 Å². The lowest BCUT2D eigenvalue weighted by Crippen LogP contribution is -2.03. The molecule has 0 unspecified atom stereocenters. The summed E-state index contributed by atoms with van der Waals surface area (Å²) in [5, 5.41) is 3.84. The molecule has 0 aliphatic rings. The molecule has 0 aliphatic carbocycles. The van der Waals surface area contributed by atoms with Crippen LogP contribution in [0.4, 0.5) is 11.6 Å². The maximum absolute atomic E-state index is 12.1. The van der Waals surface area contributed by atoms with Crippen molar-refractivity contribution >= 4 is 22.5 Å². The van der Waals surface area contributed by atoms with Crippen molar-refractivity contribution in [2.75, 3.05) is 5.32 Å². The van der Waals surface area contributed by atoms with Crippen LogP contribution in [-0.2, 0) is 12.8 Å². The fourth-order valence-corrected chi connectivity index (χ4v) is 2.58. The molecule has 0 radical (unpaired) electrons. The molecule has 0 atom stereocenters. The third-order valence-electron chi connectivity index (χ3n) is 3.85. The molecule has 1 aromatic heterocycles. The van der Waals surface area contributed by atoms with E-state index in [1.807, 2.05) is 24.3 Å². The van der Waals surface area contributed by atoms with Gasteiger partial charge < -0.3 is 9.73 Å². The number of hydrogen-bond acceptors (Lipinski definition) is 3. The second kappa shape index (κ2) is 6.06. The summed E-state index contributed by atoms with van der Waals surface area (Å²) in [7, 11) is 0. The van der Waals surface area contributed by atoms with E-state index >= 15 is 0 Å². The topological polar surface area (TPSA) is 42.2 Å². The van der Waals surface area contributed by atoms with E-state index in [1.165, 1.54) is 17.2 Å². The molecule has 1 N–H and O–H groups in total. The molecule has 3 heteroatoms. The Morgan fingerprint density at radius 1 is 1.00 bits per heavy atom. The van der Waals surface area contributed by atoms with E-state index in [1.54, 1.807) is 6.07 Å². The molecule has 0 amide bonds. The lowest BCUT2D eigenvalue weighted by Gasteiger charge is -2.12. The average molecular weight is 293 g/mol. The minimum absolute atomic E-state index is 0.0347. The van der Waals surface area contributed by atoms with E-state index in [0.717, 1.165) is 18.5 Å². The lowest BCUT2D eigenvalue weighted by molar-refractivity contribution is 0.622. The minimum Gasteiger partial charge on any atom is -0.440 e. The molecule has 0 saturated carbocycles. The van der Waals surface area contributed by atoms with Crippen LogP contribution in [0.15, 0.2) is 57.7 Å². The van der Waals surface area contributed by atoms with Crippen LogP contribution >= 0.6 is 0 Å². The van der Waals surface area contributed by atoms with Crippen LogP contribution in [0.3, 0.4) is 0 Å². The minimum atomic E-state index is -0.0347. The Morgan fingerprint density at radius 3 is 2.59 bits per heavy atom. The molecule has 0 bridgehead atoms. The summed E-state index contributed by atoms with van der Waals surface area (Å²) in [5.74, 6) is 0.475. The third kappa shape index (κ3) is 2.75. The van der Waals surface area contributed by atoms with Gasteiger partial charge in [0.2, 0.25) is 5.88 Å². The number of para-hydroxylation sites is 1. The van der Waals surface area contributed by atoms with Crippen molar-refractivity contribution in [3.05, 3.63) is 69.9 Å². The molecule has 0 fully saturated rings.